The Hall–Kier alpha value is -1.14. The van der Waals surface area contributed by atoms with Gasteiger partial charge < -0.3 is 10.4 Å². The van der Waals surface area contributed by atoms with E-state index >= 15 is 0 Å². The fraction of sp³-hybridized carbons (Fsp3) is 0.111. The summed E-state index contributed by atoms with van der Waals surface area (Å²) in [5.41, 5.74) is 0.837. The third-order valence-electron chi connectivity index (χ3n) is 1.82. The molecular formula is C9H8BrN3OS. The molecule has 0 aliphatic heterocycles. The second-order valence-corrected chi connectivity index (χ2v) is 5.10. The molecule has 2 aromatic rings. The average molecular weight is 286 g/mol. The number of aromatic nitrogens is 2. The zero-order valence-electron chi connectivity index (χ0n) is 7.64. The molecule has 0 aliphatic rings. The zero-order valence-corrected chi connectivity index (χ0v) is 10.0. The van der Waals surface area contributed by atoms with Gasteiger partial charge in [-0.3, -0.25) is 0 Å². The third-order valence-corrected chi connectivity index (χ3v) is 3.14. The molecule has 0 amide bonds. The molecule has 2 N–H and O–H groups in total. The van der Waals surface area contributed by atoms with E-state index in [1.54, 1.807) is 12.1 Å². The molecule has 0 radical (unpaired) electrons. The first-order chi connectivity index (χ1) is 7.25. The number of nitrogens with zero attached hydrogens (tertiary/aromatic N) is 2. The highest BCUT2D eigenvalue weighted by Crippen LogP contribution is 2.22. The summed E-state index contributed by atoms with van der Waals surface area (Å²) >= 11 is 4.64. The Labute approximate surface area is 99.1 Å². The number of phenolic OH excluding ortho intramolecular Hbond substituents is 1. The molecule has 78 valence electrons. The lowest BCUT2D eigenvalue weighted by atomic mass is 10.2. The highest BCUT2D eigenvalue weighted by molar-refractivity contribution is 9.11. The van der Waals surface area contributed by atoms with Crippen molar-refractivity contribution in [1.29, 1.82) is 0 Å². The van der Waals surface area contributed by atoms with Gasteiger partial charge in [-0.25, -0.2) is 0 Å². The topological polar surface area (TPSA) is 58.0 Å². The van der Waals surface area contributed by atoms with Gasteiger partial charge >= 0.3 is 0 Å². The number of para-hydroxylation sites is 1. The Morgan fingerprint density at radius 2 is 2.13 bits per heavy atom. The number of nitrogens with one attached hydrogen (secondary N) is 1. The van der Waals surface area contributed by atoms with Gasteiger partial charge in [0.25, 0.3) is 0 Å². The molecule has 0 bridgehead atoms. The molecule has 15 heavy (non-hydrogen) atoms. The number of rotatable bonds is 3. The molecule has 0 atom stereocenters. The number of benzene rings is 1. The van der Waals surface area contributed by atoms with Gasteiger partial charge in [0.05, 0.1) is 0 Å². The van der Waals surface area contributed by atoms with E-state index in [4.69, 9.17) is 0 Å². The number of phenols is 1. The first kappa shape index (κ1) is 10.4. The second-order valence-electron chi connectivity index (χ2n) is 2.84. The highest BCUT2D eigenvalue weighted by Gasteiger charge is 2.02. The minimum absolute atomic E-state index is 0.286. The summed E-state index contributed by atoms with van der Waals surface area (Å²) in [5, 5.41) is 21.0. The molecular weight excluding hydrogens is 278 g/mol. The maximum Gasteiger partial charge on any atom is 0.206 e. The van der Waals surface area contributed by atoms with Crippen molar-refractivity contribution in [2.24, 2.45) is 0 Å². The molecule has 1 heterocycles. The van der Waals surface area contributed by atoms with Crippen molar-refractivity contribution in [3.05, 3.63) is 33.7 Å². The van der Waals surface area contributed by atoms with E-state index in [1.807, 2.05) is 12.1 Å². The van der Waals surface area contributed by atoms with E-state index in [1.165, 1.54) is 11.3 Å². The van der Waals surface area contributed by atoms with Crippen LogP contribution in [0.2, 0.25) is 0 Å². The highest BCUT2D eigenvalue weighted by atomic mass is 79.9. The SMILES string of the molecule is Oc1ccccc1CNc1nnc(Br)s1. The van der Waals surface area contributed by atoms with Crippen molar-refractivity contribution < 1.29 is 5.11 Å². The van der Waals surface area contributed by atoms with Gasteiger partial charge in [0.15, 0.2) is 3.92 Å². The molecule has 0 saturated heterocycles. The van der Waals surface area contributed by atoms with Crippen LogP contribution in [-0.4, -0.2) is 15.3 Å². The van der Waals surface area contributed by atoms with Crippen molar-refractivity contribution in [3.8, 4) is 5.75 Å². The minimum atomic E-state index is 0.286. The van der Waals surface area contributed by atoms with Gasteiger partial charge in [-0.2, -0.15) is 0 Å². The average Bonchev–Trinajstić information content (AvgIpc) is 2.63. The van der Waals surface area contributed by atoms with E-state index in [0.29, 0.717) is 6.54 Å². The predicted octanol–water partition coefficient (Wildman–Crippen LogP) is 2.62. The van der Waals surface area contributed by atoms with E-state index in [0.717, 1.165) is 14.6 Å². The van der Waals surface area contributed by atoms with Gasteiger partial charge in [0.1, 0.15) is 5.75 Å². The number of hydrogen-bond donors (Lipinski definition) is 2. The lowest BCUT2D eigenvalue weighted by Gasteiger charge is -2.03. The van der Waals surface area contributed by atoms with Crippen molar-refractivity contribution in [1.82, 2.24) is 10.2 Å². The van der Waals surface area contributed by atoms with Gasteiger partial charge in [-0.15, -0.1) is 10.2 Å². The Kier molecular flexibility index (Phi) is 3.17. The van der Waals surface area contributed by atoms with Crippen LogP contribution in [0.5, 0.6) is 5.75 Å². The molecule has 4 nitrogen and oxygen atoms in total. The largest absolute Gasteiger partial charge is 0.508 e. The van der Waals surface area contributed by atoms with E-state index < -0.39 is 0 Å². The van der Waals surface area contributed by atoms with Crippen molar-refractivity contribution in [2.45, 2.75) is 6.54 Å². The van der Waals surface area contributed by atoms with E-state index in [2.05, 4.69) is 31.4 Å². The molecule has 0 spiro atoms. The molecule has 2 rings (SSSR count). The maximum atomic E-state index is 9.51. The third kappa shape index (κ3) is 2.66. The Morgan fingerprint density at radius 1 is 1.33 bits per heavy atom. The van der Waals surface area contributed by atoms with Crippen molar-refractivity contribution in [2.75, 3.05) is 5.32 Å². The molecule has 6 heteroatoms. The van der Waals surface area contributed by atoms with Gasteiger partial charge in [-0.05, 0) is 22.0 Å². The van der Waals surface area contributed by atoms with Gasteiger partial charge in [-0.1, -0.05) is 29.5 Å². The van der Waals surface area contributed by atoms with Crippen molar-refractivity contribution >= 4 is 32.4 Å². The number of aromatic hydroxyl groups is 1. The summed E-state index contributed by atoms with van der Waals surface area (Å²) in [6.45, 7) is 0.536. The Balaban J connectivity index is 2.02. The summed E-state index contributed by atoms with van der Waals surface area (Å²) in [6.07, 6.45) is 0. The lowest BCUT2D eigenvalue weighted by molar-refractivity contribution is 0.469. The summed E-state index contributed by atoms with van der Waals surface area (Å²) in [7, 11) is 0. The summed E-state index contributed by atoms with van der Waals surface area (Å²) in [5.74, 6) is 0.286. The van der Waals surface area contributed by atoms with Crippen LogP contribution in [-0.2, 0) is 6.54 Å². The van der Waals surface area contributed by atoms with E-state index in [9.17, 15) is 5.11 Å². The number of anilines is 1. The summed E-state index contributed by atoms with van der Waals surface area (Å²) < 4.78 is 0.738. The molecule has 0 fully saturated rings. The zero-order chi connectivity index (χ0) is 10.7. The van der Waals surface area contributed by atoms with Crippen LogP contribution in [0.3, 0.4) is 0 Å². The first-order valence-electron chi connectivity index (χ1n) is 4.25. The lowest BCUT2D eigenvalue weighted by Crippen LogP contribution is -1.98. The predicted molar refractivity (Wildman–Crippen MR) is 63.0 cm³/mol. The van der Waals surface area contributed by atoms with Gasteiger partial charge in [0.2, 0.25) is 5.13 Å². The minimum Gasteiger partial charge on any atom is -0.508 e. The fourth-order valence-corrected chi connectivity index (χ4v) is 2.11. The van der Waals surface area contributed by atoms with Crippen LogP contribution in [0.1, 0.15) is 5.56 Å². The van der Waals surface area contributed by atoms with Crippen LogP contribution >= 0.6 is 27.3 Å². The molecule has 0 unspecified atom stereocenters. The van der Waals surface area contributed by atoms with Crippen LogP contribution in [0.25, 0.3) is 0 Å². The number of halogens is 1. The quantitative estimate of drug-likeness (QED) is 0.910. The summed E-state index contributed by atoms with van der Waals surface area (Å²) in [6, 6.07) is 7.19. The first-order valence-corrected chi connectivity index (χ1v) is 5.86. The normalized spacial score (nSPS) is 10.2. The monoisotopic (exact) mass is 285 g/mol. The van der Waals surface area contributed by atoms with Crippen LogP contribution in [0, 0.1) is 0 Å². The Morgan fingerprint density at radius 3 is 2.80 bits per heavy atom. The fourth-order valence-electron chi connectivity index (χ4n) is 1.11. The molecule has 1 aromatic heterocycles. The van der Waals surface area contributed by atoms with Crippen LogP contribution in [0.15, 0.2) is 28.2 Å². The van der Waals surface area contributed by atoms with Crippen LogP contribution in [0.4, 0.5) is 5.13 Å². The van der Waals surface area contributed by atoms with Crippen LogP contribution < -0.4 is 5.32 Å². The number of hydrogen-bond acceptors (Lipinski definition) is 5. The molecule has 1 aromatic carbocycles. The molecule has 0 saturated carbocycles. The molecule has 0 aliphatic carbocycles. The maximum absolute atomic E-state index is 9.51. The Bertz CT molecular complexity index is 460. The van der Waals surface area contributed by atoms with Crippen molar-refractivity contribution in [3.63, 3.8) is 0 Å². The standard InChI is InChI=1S/C9H8BrN3OS/c10-8-12-13-9(15-8)11-5-6-3-1-2-4-7(6)14/h1-4,14H,5H2,(H,11,13). The van der Waals surface area contributed by atoms with Gasteiger partial charge in [0, 0.05) is 12.1 Å². The smallest absolute Gasteiger partial charge is 0.206 e. The second kappa shape index (κ2) is 4.59. The summed E-state index contributed by atoms with van der Waals surface area (Å²) in [4.78, 5) is 0. The van der Waals surface area contributed by atoms with E-state index in [-0.39, 0.29) is 5.75 Å².